The molecule has 3 aromatic carbocycles. The fourth-order valence-electron chi connectivity index (χ4n) is 6.89. The maximum atomic E-state index is 13.4. The molecule has 1 unspecified atom stereocenters. The first-order valence-electron chi connectivity index (χ1n) is 16.1. The van der Waals surface area contributed by atoms with Gasteiger partial charge in [0, 0.05) is 35.5 Å². The van der Waals surface area contributed by atoms with E-state index in [-0.39, 0.29) is 42.0 Å². The van der Waals surface area contributed by atoms with Gasteiger partial charge in [-0.05, 0) is 66.8 Å². The fourth-order valence-corrected chi connectivity index (χ4v) is 6.89. The number of nitrogens with one attached hydrogen (secondary N) is 3. The summed E-state index contributed by atoms with van der Waals surface area (Å²) in [5.74, 6) is -2.96. The SMILES string of the molecule is O=C(Cn1c2ccccc2c2cccnc21)NCc1ccc(C2(NC(=O)c3ccc4c(c3)C(=O)N(C3CCC(=O)NC3=O)C4=O)CC2)cc1. The average molecular weight is 655 g/mol. The summed E-state index contributed by atoms with van der Waals surface area (Å²) < 4.78 is 1.92. The lowest BCUT2D eigenvalue weighted by Crippen LogP contribution is -2.54. The fraction of sp³-hybridized carbons (Fsp3) is 0.216. The Morgan fingerprint density at radius 2 is 1.63 bits per heavy atom. The van der Waals surface area contributed by atoms with E-state index >= 15 is 0 Å². The summed E-state index contributed by atoms with van der Waals surface area (Å²) in [6.45, 7) is 0.465. The minimum Gasteiger partial charge on any atom is -0.350 e. The number of aromatic nitrogens is 2. The molecular weight excluding hydrogens is 624 g/mol. The molecule has 244 valence electrons. The Labute approximate surface area is 279 Å². The van der Waals surface area contributed by atoms with Crippen molar-refractivity contribution in [1.82, 2.24) is 30.4 Å². The van der Waals surface area contributed by atoms with Crippen molar-refractivity contribution in [3.05, 3.63) is 113 Å². The van der Waals surface area contributed by atoms with Gasteiger partial charge in [0.05, 0.1) is 22.2 Å². The predicted molar refractivity (Wildman–Crippen MR) is 177 cm³/mol. The quantitative estimate of drug-likeness (QED) is 0.217. The van der Waals surface area contributed by atoms with Crippen molar-refractivity contribution in [2.75, 3.05) is 0 Å². The van der Waals surface area contributed by atoms with Crippen LogP contribution in [0, 0.1) is 0 Å². The molecule has 5 aromatic rings. The van der Waals surface area contributed by atoms with Gasteiger partial charge < -0.3 is 15.2 Å². The Hall–Kier alpha value is -6.17. The van der Waals surface area contributed by atoms with Crippen LogP contribution in [0.3, 0.4) is 0 Å². The molecule has 4 heterocycles. The molecule has 12 heteroatoms. The lowest BCUT2D eigenvalue weighted by Gasteiger charge is -2.27. The first kappa shape index (κ1) is 30.2. The third-order valence-corrected chi connectivity index (χ3v) is 9.63. The monoisotopic (exact) mass is 654 g/mol. The molecule has 6 amide bonds. The highest BCUT2D eigenvalue weighted by Gasteiger charge is 2.47. The molecule has 3 N–H and O–H groups in total. The van der Waals surface area contributed by atoms with Crippen LogP contribution in [-0.2, 0) is 33.0 Å². The molecule has 2 aliphatic heterocycles. The Morgan fingerprint density at radius 1 is 0.878 bits per heavy atom. The summed E-state index contributed by atoms with van der Waals surface area (Å²) in [6, 6.07) is 22.8. The maximum absolute atomic E-state index is 13.4. The molecule has 1 aliphatic carbocycles. The van der Waals surface area contributed by atoms with Gasteiger partial charge in [-0.2, -0.15) is 0 Å². The average Bonchev–Trinajstić information content (AvgIpc) is 3.77. The number of nitrogens with zero attached hydrogens (tertiary/aromatic N) is 3. The summed E-state index contributed by atoms with van der Waals surface area (Å²) >= 11 is 0. The van der Waals surface area contributed by atoms with Crippen molar-refractivity contribution in [3.8, 4) is 0 Å². The van der Waals surface area contributed by atoms with Gasteiger partial charge in [0.15, 0.2) is 0 Å². The molecule has 3 aliphatic rings. The van der Waals surface area contributed by atoms with Crippen LogP contribution in [0.4, 0.5) is 0 Å². The minimum absolute atomic E-state index is 0.0245. The van der Waals surface area contributed by atoms with E-state index in [4.69, 9.17) is 0 Å². The number of benzene rings is 3. The molecule has 0 radical (unpaired) electrons. The van der Waals surface area contributed by atoms with Gasteiger partial charge in [0.25, 0.3) is 17.7 Å². The Morgan fingerprint density at radius 3 is 2.41 bits per heavy atom. The van der Waals surface area contributed by atoms with Crippen molar-refractivity contribution >= 4 is 57.4 Å². The number of carbonyl (C=O) groups is 6. The maximum Gasteiger partial charge on any atom is 0.262 e. The number of pyridine rings is 1. The van der Waals surface area contributed by atoms with Crippen LogP contribution in [0.5, 0.6) is 0 Å². The highest BCUT2D eigenvalue weighted by Crippen LogP contribution is 2.46. The number of hydrogen-bond acceptors (Lipinski definition) is 7. The van der Waals surface area contributed by atoms with E-state index in [9.17, 15) is 28.8 Å². The lowest BCUT2D eigenvalue weighted by atomic mass is 10.0. The minimum atomic E-state index is -1.08. The van der Waals surface area contributed by atoms with Crippen LogP contribution >= 0.6 is 0 Å². The molecule has 2 fully saturated rings. The second-order valence-corrected chi connectivity index (χ2v) is 12.7. The van der Waals surface area contributed by atoms with Crippen molar-refractivity contribution in [2.24, 2.45) is 0 Å². The number of fused-ring (bicyclic) bond motifs is 4. The van der Waals surface area contributed by atoms with E-state index in [0.717, 1.165) is 50.8 Å². The van der Waals surface area contributed by atoms with Crippen molar-refractivity contribution < 1.29 is 28.8 Å². The lowest BCUT2D eigenvalue weighted by molar-refractivity contribution is -0.136. The number of imide groups is 2. The van der Waals surface area contributed by atoms with Gasteiger partial charge in [0.2, 0.25) is 17.7 Å². The number of piperidine rings is 1. The Bertz CT molecular complexity index is 2200. The molecule has 1 saturated carbocycles. The number of carbonyl (C=O) groups excluding carboxylic acids is 6. The van der Waals surface area contributed by atoms with E-state index in [1.165, 1.54) is 18.2 Å². The molecule has 12 nitrogen and oxygen atoms in total. The smallest absolute Gasteiger partial charge is 0.262 e. The summed E-state index contributed by atoms with van der Waals surface area (Å²) in [6.07, 6.45) is 3.26. The number of rotatable bonds is 8. The third-order valence-electron chi connectivity index (χ3n) is 9.63. The first-order valence-corrected chi connectivity index (χ1v) is 16.1. The summed E-state index contributed by atoms with van der Waals surface area (Å²) in [7, 11) is 0. The van der Waals surface area contributed by atoms with Gasteiger partial charge in [-0.1, -0.05) is 42.5 Å². The van der Waals surface area contributed by atoms with Crippen molar-refractivity contribution in [2.45, 2.75) is 50.4 Å². The number of hydrogen-bond donors (Lipinski definition) is 3. The topological polar surface area (TPSA) is 160 Å². The Balaban J connectivity index is 0.913. The normalized spacial score (nSPS) is 18.0. The molecule has 0 spiro atoms. The first-order chi connectivity index (χ1) is 23.7. The van der Waals surface area contributed by atoms with Crippen LogP contribution in [0.15, 0.2) is 85.1 Å². The molecule has 2 aromatic heterocycles. The standard InChI is InChI=1S/C37H30N6O6/c44-30-14-13-29(34(47)40-30)43-35(48)26-12-9-22(18-27(26)36(43)49)33(46)41-37(15-16-37)23-10-7-21(8-11-23)19-39-31(45)20-42-28-6-2-1-4-24(28)25-5-3-17-38-32(25)42/h1-12,17-18,29H,13-16,19-20H2,(H,39,45)(H,41,46)(H,40,44,47). The Kier molecular flexibility index (Phi) is 7.09. The van der Waals surface area contributed by atoms with E-state index in [1.54, 1.807) is 6.20 Å². The van der Waals surface area contributed by atoms with Gasteiger partial charge in [-0.15, -0.1) is 0 Å². The molecular formula is C37H30N6O6. The van der Waals surface area contributed by atoms with E-state index in [0.29, 0.717) is 6.54 Å². The second kappa shape index (κ2) is 11.5. The number of amides is 6. The van der Waals surface area contributed by atoms with Gasteiger partial charge >= 0.3 is 0 Å². The second-order valence-electron chi connectivity index (χ2n) is 12.7. The summed E-state index contributed by atoms with van der Waals surface area (Å²) in [5.41, 5.74) is 3.34. The number of para-hydroxylation sites is 1. The zero-order valence-electron chi connectivity index (χ0n) is 26.2. The van der Waals surface area contributed by atoms with Crippen LogP contribution < -0.4 is 16.0 Å². The predicted octanol–water partition coefficient (Wildman–Crippen LogP) is 3.33. The van der Waals surface area contributed by atoms with Crippen LogP contribution in [0.2, 0.25) is 0 Å². The summed E-state index contributed by atoms with van der Waals surface area (Å²) in [4.78, 5) is 82.0. The van der Waals surface area contributed by atoms with E-state index in [2.05, 4.69) is 20.9 Å². The highest BCUT2D eigenvalue weighted by molar-refractivity contribution is 6.24. The molecule has 0 bridgehead atoms. The largest absolute Gasteiger partial charge is 0.350 e. The van der Waals surface area contributed by atoms with Gasteiger partial charge in [-0.3, -0.25) is 39.0 Å². The van der Waals surface area contributed by atoms with Crippen molar-refractivity contribution in [3.63, 3.8) is 0 Å². The van der Waals surface area contributed by atoms with Crippen LogP contribution in [0.1, 0.15) is 67.9 Å². The molecule has 1 saturated heterocycles. The van der Waals surface area contributed by atoms with Crippen LogP contribution in [-0.4, -0.2) is 55.9 Å². The zero-order chi connectivity index (χ0) is 33.9. The van der Waals surface area contributed by atoms with Gasteiger partial charge in [0.1, 0.15) is 18.2 Å². The molecule has 49 heavy (non-hydrogen) atoms. The van der Waals surface area contributed by atoms with Crippen LogP contribution in [0.25, 0.3) is 21.9 Å². The third kappa shape index (κ3) is 5.21. The molecule has 8 rings (SSSR count). The van der Waals surface area contributed by atoms with Gasteiger partial charge in [-0.25, -0.2) is 4.98 Å². The van der Waals surface area contributed by atoms with E-state index < -0.39 is 41.1 Å². The zero-order valence-corrected chi connectivity index (χ0v) is 26.2. The van der Waals surface area contributed by atoms with E-state index in [1.807, 2.05) is 65.2 Å². The highest BCUT2D eigenvalue weighted by atomic mass is 16.2. The van der Waals surface area contributed by atoms with Crippen molar-refractivity contribution in [1.29, 1.82) is 0 Å². The summed E-state index contributed by atoms with van der Waals surface area (Å²) in [5, 5.41) is 10.3. The molecule has 1 atom stereocenters.